The second kappa shape index (κ2) is 16.5. The Morgan fingerprint density at radius 2 is 0.606 bits per heavy atom. The van der Waals surface area contributed by atoms with Crippen LogP contribution in [0.15, 0.2) is 121 Å². The molecule has 4 rings (SSSR count). The zero-order chi connectivity index (χ0) is 22.4. The van der Waals surface area contributed by atoms with E-state index in [-0.39, 0.29) is 16.5 Å². The van der Waals surface area contributed by atoms with Crippen LogP contribution in [0.3, 0.4) is 0 Å². The molecule has 0 aromatic heterocycles. The Morgan fingerprint density at radius 3 is 0.788 bits per heavy atom. The van der Waals surface area contributed by atoms with Gasteiger partial charge in [-0.25, -0.2) is 0 Å². The standard InChI is InChI=1S/C26H24P2.C2H6S2.Ni/c1-5-13-23(14-6-1)27(24-15-7-2-8-16-24)21-22-28(25-17-9-3-10-18-25)26-19-11-4-12-20-26;3-1-2-4;/h1-20H,21-22H2;3-4H,1-2H2;/q;;+2. The minimum absolute atomic E-state index is 0. The van der Waals surface area contributed by atoms with Gasteiger partial charge in [0.15, 0.2) is 0 Å². The molecule has 0 unspecified atom stereocenters. The Balaban J connectivity index is 0.000000714. The van der Waals surface area contributed by atoms with Gasteiger partial charge in [0, 0.05) is 0 Å². The molecule has 0 atom stereocenters. The van der Waals surface area contributed by atoms with Crippen molar-refractivity contribution in [2.24, 2.45) is 0 Å². The Kier molecular flexibility index (Phi) is 14.1. The first-order valence-corrected chi connectivity index (χ1v) is 15.5. The molecule has 0 amide bonds. The van der Waals surface area contributed by atoms with Gasteiger partial charge in [-0.2, -0.15) is 11.5 Å². The molecule has 0 spiro atoms. The number of rotatable bonds is 8. The maximum atomic E-state index is 4.45. The second-order valence-corrected chi connectivity index (χ2v) is 13.4. The molecule has 33 heavy (non-hydrogen) atoms. The largest absolute Gasteiger partial charge is 2.00 e. The van der Waals surface area contributed by atoms with Crippen LogP contribution in [-0.2, 0) is 41.7 Å². The van der Waals surface area contributed by atoms with Crippen molar-refractivity contribution in [2.75, 3.05) is 23.8 Å². The summed E-state index contributed by atoms with van der Waals surface area (Å²) >= 11 is 8.90. The molecule has 4 aromatic carbocycles. The number of hydrogen-bond acceptors (Lipinski definition) is 2. The van der Waals surface area contributed by atoms with Crippen LogP contribution in [0, 0.1) is 0 Å². The van der Waals surface area contributed by atoms with Gasteiger partial charge in [-0.05, 0) is 48.5 Å². The maximum absolute atomic E-state index is 4.45. The summed E-state index contributed by atoms with van der Waals surface area (Å²) < 4.78 is 0. The molecule has 0 saturated heterocycles. The summed E-state index contributed by atoms with van der Waals surface area (Å²) in [6.45, 7) is 0. The van der Waals surface area contributed by atoms with E-state index in [4.69, 9.17) is 0 Å². The predicted octanol–water partition coefficient (Wildman–Crippen LogP) is 4.79. The van der Waals surface area contributed by atoms with Gasteiger partial charge in [-0.3, -0.25) is 0 Å². The number of benzene rings is 4. The first-order valence-electron chi connectivity index (χ1n) is 10.9. The van der Waals surface area contributed by atoms with E-state index in [0.29, 0.717) is 0 Å². The molecule has 0 aliphatic heterocycles. The number of hydrogen-bond donors (Lipinski definition) is 0. The van der Waals surface area contributed by atoms with Gasteiger partial charge >= 0.3 is 16.5 Å². The van der Waals surface area contributed by atoms with Crippen molar-refractivity contribution in [1.29, 1.82) is 0 Å². The molecule has 0 bridgehead atoms. The molecular weight excluding hydrogens is 521 g/mol. The smallest absolute Gasteiger partial charge is 0.794 e. The van der Waals surface area contributed by atoms with Crippen LogP contribution >= 0.6 is 15.8 Å². The molecule has 0 fully saturated rings. The van der Waals surface area contributed by atoms with E-state index in [9.17, 15) is 0 Å². The van der Waals surface area contributed by atoms with Crippen LogP contribution in [0.25, 0.3) is 0 Å². The molecule has 0 aliphatic carbocycles. The molecule has 4 aromatic rings. The quantitative estimate of drug-likeness (QED) is 0.176. The van der Waals surface area contributed by atoms with Crippen molar-refractivity contribution < 1.29 is 16.5 Å². The zero-order valence-corrected chi connectivity index (χ0v) is 23.1. The van der Waals surface area contributed by atoms with Gasteiger partial charge in [0.05, 0.1) is 37.1 Å². The van der Waals surface area contributed by atoms with Gasteiger partial charge in [0.1, 0.15) is 12.3 Å². The van der Waals surface area contributed by atoms with Gasteiger partial charge in [-0.1, -0.05) is 72.8 Å². The third-order valence-corrected chi connectivity index (χ3v) is 12.0. The molecular formula is C28H30NiP2S2+2. The van der Waals surface area contributed by atoms with Crippen molar-refractivity contribution in [3.05, 3.63) is 121 Å². The van der Waals surface area contributed by atoms with Gasteiger partial charge in [0.2, 0.25) is 0 Å². The van der Waals surface area contributed by atoms with Crippen LogP contribution in [0.1, 0.15) is 0 Å². The fourth-order valence-corrected chi connectivity index (χ4v) is 9.92. The van der Waals surface area contributed by atoms with Crippen LogP contribution in [0.2, 0.25) is 0 Å². The summed E-state index contributed by atoms with van der Waals surface area (Å²) in [6.07, 6.45) is 2.52. The van der Waals surface area contributed by atoms with Crippen LogP contribution in [0.5, 0.6) is 0 Å². The summed E-state index contributed by atoms with van der Waals surface area (Å²) in [7, 11) is -1.57. The SMILES string of the molecule is [Ni+2].[S-]CC[S-].c1ccc([PH+](CC[PH+](c2ccccc2)c2ccccc2)c2ccccc2)cc1. The third-order valence-electron chi connectivity index (χ3n) is 5.20. The average Bonchev–Trinajstić information content (AvgIpc) is 2.89. The van der Waals surface area contributed by atoms with Crippen molar-refractivity contribution in [2.45, 2.75) is 0 Å². The van der Waals surface area contributed by atoms with Crippen molar-refractivity contribution in [3.63, 3.8) is 0 Å². The summed E-state index contributed by atoms with van der Waals surface area (Å²) in [6, 6.07) is 44.5. The predicted molar refractivity (Wildman–Crippen MR) is 155 cm³/mol. The Hall–Kier alpha value is -1.07. The molecule has 0 nitrogen and oxygen atoms in total. The maximum Gasteiger partial charge on any atom is 2.00 e. The minimum atomic E-state index is -0.783. The van der Waals surface area contributed by atoms with Crippen LogP contribution in [-0.4, -0.2) is 23.8 Å². The second-order valence-electron chi connectivity index (χ2n) is 7.33. The van der Waals surface area contributed by atoms with E-state index < -0.39 is 15.8 Å². The Bertz CT molecular complexity index is 839. The Labute approximate surface area is 222 Å². The molecule has 172 valence electrons. The van der Waals surface area contributed by atoms with E-state index >= 15 is 0 Å². The van der Waals surface area contributed by atoms with E-state index in [0.717, 1.165) is 11.5 Å². The van der Waals surface area contributed by atoms with Crippen molar-refractivity contribution in [1.82, 2.24) is 0 Å². The third kappa shape index (κ3) is 9.24. The van der Waals surface area contributed by atoms with E-state index in [1.54, 1.807) is 0 Å². The summed E-state index contributed by atoms with van der Waals surface area (Å²) in [5.74, 6) is 1.44. The molecule has 0 saturated carbocycles. The first kappa shape index (κ1) is 28.2. The van der Waals surface area contributed by atoms with Gasteiger partial charge in [-0.15, -0.1) is 0 Å². The van der Waals surface area contributed by atoms with E-state index in [2.05, 4.69) is 147 Å². The topological polar surface area (TPSA) is 0 Å². The summed E-state index contributed by atoms with van der Waals surface area (Å²) in [5, 5.41) is 6.06. The van der Waals surface area contributed by atoms with Gasteiger partial charge < -0.3 is 25.3 Å². The molecule has 0 radical (unpaired) electrons. The minimum Gasteiger partial charge on any atom is -0.794 e. The fourth-order valence-electron chi connectivity index (χ4n) is 3.72. The van der Waals surface area contributed by atoms with Gasteiger partial charge in [0.25, 0.3) is 0 Å². The monoisotopic (exact) mass is 550 g/mol. The molecule has 0 N–H and O–H groups in total. The first-order chi connectivity index (χ1) is 15.8. The summed E-state index contributed by atoms with van der Waals surface area (Å²) in [5.41, 5.74) is 0. The average molecular weight is 551 g/mol. The fraction of sp³-hybridized carbons (Fsp3) is 0.143. The van der Waals surface area contributed by atoms with Crippen molar-refractivity contribution in [3.8, 4) is 0 Å². The van der Waals surface area contributed by atoms with E-state index in [1.165, 1.54) is 33.5 Å². The Morgan fingerprint density at radius 1 is 0.394 bits per heavy atom. The zero-order valence-electron chi connectivity index (χ0n) is 18.5. The van der Waals surface area contributed by atoms with Crippen LogP contribution in [0.4, 0.5) is 0 Å². The molecule has 0 heterocycles. The van der Waals surface area contributed by atoms with E-state index in [1.807, 2.05) is 0 Å². The summed E-state index contributed by atoms with van der Waals surface area (Å²) in [4.78, 5) is 0. The van der Waals surface area contributed by atoms with Crippen molar-refractivity contribution >= 4 is 62.3 Å². The molecule has 5 heteroatoms. The van der Waals surface area contributed by atoms with Crippen LogP contribution < -0.4 is 21.2 Å². The molecule has 0 aliphatic rings. The normalized spacial score (nSPS) is 10.3.